The third kappa shape index (κ3) is 2.76. The van der Waals surface area contributed by atoms with Gasteiger partial charge in [-0.2, -0.15) is 0 Å². The van der Waals surface area contributed by atoms with Crippen molar-refractivity contribution in [2.75, 3.05) is 19.6 Å². The maximum Gasteiger partial charge on any atom is 0.239 e. The van der Waals surface area contributed by atoms with E-state index in [0.29, 0.717) is 11.3 Å². The fourth-order valence-corrected chi connectivity index (χ4v) is 2.89. The molecule has 0 radical (unpaired) electrons. The third-order valence-corrected chi connectivity index (χ3v) is 3.82. The molecule has 0 unspecified atom stereocenters. The summed E-state index contributed by atoms with van der Waals surface area (Å²) >= 11 is 0. The highest BCUT2D eigenvalue weighted by atomic mass is 16.2. The molecule has 2 fully saturated rings. The predicted octanol–water partition coefficient (Wildman–Crippen LogP) is 1.78. The van der Waals surface area contributed by atoms with E-state index in [1.54, 1.807) is 0 Å². The summed E-state index contributed by atoms with van der Waals surface area (Å²) in [5.74, 6) is 0.340. The van der Waals surface area contributed by atoms with Gasteiger partial charge in [0, 0.05) is 13.1 Å². The highest BCUT2D eigenvalue weighted by molar-refractivity contribution is 5.82. The standard InChI is InChI=1S/C13H24N2O/c1-13(2)7-5-9-15(10-13)12(16)11-6-3-4-8-14-11/h11,14H,3-10H2,1-2H3/t11-/m0/s1. The molecule has 1 N–H and O–H groups in total. The minimum atomic E-state index is 0.0997. The van der Waals surface area contributed by atoms with Crippen LogP contribution in [0.5, 0.6) is 0 Å². The van der Waals surface area contributed by atoms with Crippen LogP contribution in [-0.4, -0.2) is 36.5 Å². The van der Waals surface area contributed by atoms with E-state index in [2.05, 4.69) is 24.1 Å². The average Bonchev–Trinajstić information content (AvgIpc) is 2.28. The van der Waals surface area contributed by atoms with Crippen LogP contribution < -0.4 is 5.32 Å². The Hall–Kier alpha value is -0.570. The number of nitrogens with zero attached hydrogens (tertiary/aromatic N) is 1. The lowest BCUT2D eigenvalue weighted by molar-refractivity contribution is -0.137. The van der Waals surface area contributed by atoms with Crippen LogP contribution in [0.2, 0.25) is 0 Å². The van der Waals surface area contributed by atoms with Crippen molar-refractivity contribution in [3.63, 3.8) is 0 Å². The molecule has 2 aliphatic rings. The van der Waals surface area contributed by atoms with Crippen molar-refractivity contribution in [2.45, 2.75) is 52.0 Å². The summed E-state index contributed by atoms with van der Waals surface area (Å²) in [6.45, 7) is 7.43. The second-order valence-electron chi connectivity index (χ2n) is 6.03. The summed E-state index contributed by atoms with van der Waals surface area (Å²) in [4.78, 5) is 14.4. The van der Waals surface area contributed by atoms with E-state index >= 15 is 0 Å². The molecule has 0 spiro atoms. The second kappa shape index (κ2) is 4.74. The normalized spacial score (nSPS) is 30.1. The first-order valence-corrected chi connectivity index (χ1v) is 6.61. The number of hydrogen-bond donors (Lipinski definition) is 1. The molecule has 2 rings (SSSR count). The zero-order valence-corrected chi connectivity index (χ0v) is 10.6. The van der Waals surface area contributed by atoms with E-state index in [9.17, 15) is 4.79 Å². The van der Waals surface area contributed by atoms with Gasteiger partial charge in [0.05, 0.1) is 6.04 Å². The van der Waals surface area contributed by atoms with E-state index in [-0.39, 0.29) is 6.04 Å². The van der Waals surface area contributed by atoms with Crippen LogP contribution in [0.15, 0.2) is 0 Å². The van der Waals surface area contributed by atoms with Crippen LogP contribution >= 0.6 is 0 Å². The highest BCUT2D eigenvalue weighted by Crippen LogP contribution is 2.29. The molecule has 2 aliphatic heterocycles. The average molecular weight is 224 g/mol. The molecule has 16 heavy (non-hydrogen) atoms. The summed E-state index contributed by atoms with van der Waals surface area (Å²) in [6, 6.07) is 0.0997. The Morgan fingerprint density at radius 2 is 2.12 bits per heavy atom. The van der Waals surface area contributed by atoms with Crippen LogP contribution in [-0.2, 0) is 4.79 Å². The van der Waals surface area contributed by atoms with Crippen molar-refractivity contribution in [1.29, 1.82) is 0 Å². The molecular weight excluding hydrogens is 200 g/mol. The number of hydrogen-bond acceptors (Lipinski definition) is 2. The molecule has 2 heterocycles. The maximum absolute atomic E-state index is 12.3. The van der Waals surface area contributed by atoms with Crippen LogP contribution in [0.3, 0.4) is 0 Å². The number of amides is 1. The van der Waals surface area contributed by atoms with Gasteiger partial charge in [0.2, 0.25) is 5.91 Å². The zero-order valence-electron chi connectivity index (χ0n) is 10.6. The van der Waals surface area contributed by atoms with Gasteiger partial charge < -0.3 is 10.2 Å². The molecule has 0 saturated carbocycles. The summed E-state index contributed by atoms with van der Waals surface area (Å²) in [5.41, 5.74) is 0.308. The van der Waals surface area contributed by atoms with Crippen molar-refractivity contribution in [2.24, 2.45) is 5.41 Å². The summed E-state index contributed by atoms with van der Waals surface area (Å²) < 4.78 is 0. The SMILES string of the molecule is CC1(C)CCCN(C(=O)[C@@H]2CCCCN2)C1. The minimum absolute atomic E-state index is 0.0997. The van der Waals surface area contributed by atoms with Crippen molar-refractivity contribution >= 4 is 5.91 Å². The lowest BCUT2D eigenvalue weighted by Gasteiger charge is -2.40. The van der Waals surface area contributed by atoms with Crippen LogP contribution in [0.4, 0.5) is 0 Å². The van der Waals surface area contributed by atoms with E-state index < -0.39 is 0 Å². The van der Waals surface area contributed by atoms with E-state index in [0.717, 1.165) is 32.5 Å². The monoisotopic (exact) mass is 224 g/mol. The smallest absolute Gasteiger partial charge is 0.239 e. The first-order chi connectivity index (χ1) is 7.58. The lowest BCUT2D eigenvalue weighted by Crippen LogP contribution is -2.52. The number of piperidine rings is 2. The Kier molecular flexibility index (Phi) is 3.53. The Balaban J connectivity index is 1.93. The van der Waals surface area contributed by atoms with Crippen LogP contribution in [0, 0.1) is 5.41 Å². The maximum atomic E-state index is 12.3. The molecule has 92 valence electrons. The quantitative estimate of drug-likeness (QED) is 0.736. The van der Waals surface area contributed by atoms with Crippen molar-refractivity contribution < 1.29 is 4.79 Å². The fraction of sp³-hybridized carbons (Fsp3) is 0.923. The minimum Gasteiger partial charge on any atom is -0.341 e. The van der Waals surface area contributed by atoms with E-state index in [1.807, 2.05) is 0 Å². The van der Waals surface area contributed by atoms with Gasteiger partial charge in [-0.25, -0.2) is 0 Å². The summed E-state index contributed by atoms with van der Waals surface area (Å²) in [5, 5.41) is 3.35. The van der Waals surface area contributed by atoms with Crippen molar-refractivity contribution in [3.05, 3.63) is 0 Å². The molecule has 0 aromatic carbocycles. The molecule has 1 atom stereocenters. The number of carbonyl (C=O) groups excluding carboxylic acids is 1. The largest absolute Gasteiger partial charge is 0.341 e. The molecule has 0 aliphatic carbocycles. The van der Waals surface area contributed by atoms with Crippen LogP contribution in [0.1, 0.15) is 46.0 Å². The van der Waals surface area contributed by atoms with Crippen molar-refractivity contribution in [3.8, 4) is 0 Å². The molecule has 0 bridgehead atoms. The summed E-state index contributed by atoms with van der Waals surface area (Å²) in [7, 11) is 0. The highest BCUT2D eigenvalue weighted by Gasteiger charge is 2.32. The van der Waals surface area contributed by atoms with E-state index in [4.69, 9.17) is 0 Å². The van der Waals surface area contributed by atoms with Gasteiger partial charge in [-0.15, -0.1) is 0 Å². The topological polar surface area (TPSA) is 32.3 Å². The third-order valence-electron chi connectivity index (χ3n) is 3.82. The first-order valence-electron chi connectivity index (χ1n) is 6.61. The molecule has 3 heteroatoms. The Morgan fingerprint density at radius 1 is 1.31 bits per heavy atom. The Labute approximate surface area is 98.6 Å². The van der Waals surface area contributed by atoms with Gasteiger partial charge in [0.25, 0.3) is 0 Å². The molecule has 2 saturated heterocycles. The zero-order chi connectivity index (χ0) is 11.6. The van der Waals surface area contributed by atoms with Crippen LogP contribution in [0.25, 0.3) is 0 Å². The van der Waals surface area contributed by atoms with Gasteiger partial charge in [-0.1, -0.05) is 20.3 Å². The molecule has 0 aromatic heterocycles. The Bertz CT molecular complexity index is 257. The van der Waals surface area contributed by atoms with Crippen molar-refractivity contribution in [1.82, 2.24) is 10.2 Å². The molecular formula is C13H24N2O. The Morgan fingerprint density at radius 3 is 2.75 bits per heavy atom. The molecule has 3 nitrogen and oxygen atoms in total. The molecule has 1 amide bonds. The number of carbonyl (C=O) groups is 1. The fourth-order valence-electron chi connectivity index (χ4n) is 2.89. The van der Waals surface area contributed by atoms with Gasteiger partial charge >= 0.3 is 0 Å². The summed E-state index contributed by atoms with van der Waals surface area (Å²) in [6.07, 6.45) is 5.84. The van der Waals surface area contributed by atoms with Gasteiger partial charge in [0.15, 0.2) is 0 Å². The van der Waals surface area contributed by atoms with E-state index in [1.165, 1.54) is 19.3 Å². The number of likely N-dealkylation sites (tertiary alicyclic amines) is 1. The van der Waals surface area contributed by atoms with Gasteiger partial charge in [-0.05, 0) is 37.6 Å². The van der Waals surface area contributed by atoms with Gasteiger partial charge in [0.1, 0.15) is 0 Å². The number of rotatable bonds is 1. The second-order valence-corrected chi connectivity index (χ2v) is 6.03. The number of nitrogens with one attached hydrogen (secondary N) is 1. The first kappa shape index (κ1) is 11.9. The predicted molar refractivity (Wildman–Crippen MR) is 65.2 cm³/mol. The lowest BCUT2D eigenvalue weighted by atomic mass is 9.84. The van der Waals surface area contributed by atoms with Gasteiger partial charge in [-0.3, -0.25) is 4.79 Å². The molecule has 0 aromatic rings.